The van der Waals surface area contributed by atoms with Crippen molar-refractivity contribution in [3.63, 3.8) is 0 Å². The highest BCUT2D eigenvalue weighted by Gasteiger charge is 2.31. The zero-order valence-electron chi connectivity index (χ0n) is 15.3. The number of carbonyl (C=O) groups is 1. The van der Waals surface area contributed by atoms with Gasteiger partial charge in [-0.3, -0.25) is 10.1 Å². The first-order valence-electron chi connectivity index (χ1n) is 8.51. The number of amides is 1. The minimum Gasteiger partial charge on any atom is -0.298 e. The second-order valence-corrected chi connectivity index (χ2v) is 7.52. The lowest BCUT2D eigenvalue weighted by molar-refractivity contribution is -0.137. The van der Waals surface area contributed by atoms with Crippen LogP contribution in [0.1, 0.15) is 41.4 Å². The van der Waals surface area contributed by atoms with Gasteiger partial charge >= 0.3 is 6.18 Å². The van der Waals surface area contributed by atoms with Crippen LogP contribution >= 0.6 is 11.3 Å². The number of hydrogen-bond acceptors (Lipinski definition) is 3. The van der Waals surface area contributed by atoms with E-state index in [1.54, 1.807) is 13.8 Å². The van der Waals surface area contributed by atoms with Crippen molar-refractivity contribution in [2.24, 2.45) is 0 Å². The average Bonchev–Trinajstić information content (AvgIpc) is 3.05. The Bertz CT molecular complexity index is 1040. The third-order valence-electron chi connectivity index (χ3n) is 4.06. The van der Waals surface area contributed by atoms with E-state index in [-0.39, 0.29) is 11.0 Å². The Morgan fingerprint density at radius 1 is 1.07 bits per heavy atom. The van der Waals surface area contributed by atoms with E-state index in [0.29, 0.717) is 16.1 Å². The second kappa shape index (κ2) is 7.90. The highest BCUT2D eigenvalue weighted by atomic mass is 32.1. The number of rotatable bonds is 4. The molecule has 0 saturated heterocycles. The van der Waals surface area contributed by atoms with Gasteiger partial charge in [-0.2, -0.15) is 13.2 Å². The van der Waals surface area contributed by atoms with Gasteiger partial charge in [0.25, 0.3) is 5.91 Å². The molecular weight excluding hydrogens is 411 g/mol. The molecule has 3 rings (SSSR count). The number of hydrogen-bond donors (Lipinski definition) is 1. The Labute approximate surface area is 167 Å². The Hall–Kier alpha value is -2.81. The fourth-order valence-corrected chi connectivity index (χ4v) is 3.81. The molecule has 152 valence electrons. The molecule has 1 heterocycles. The maximum absolute atomic E-state index is 13.8. The van der Waals surface area contributed by atoms with Crippen LogP contribution in [0.5, 0.6) is 0 Å². The zero-order chi connectivity index (χ0) is 21.3. The lowest BCUT2D eigenvalue weighted by Gasteiger charge is -2.09. The van der Waals surface area contributed by atoms with Gasteiger partial charge in [-0.25, -0.2) is 13.8 Å². The summed E-state index contributed by atoms with van der Waals surface area (Å²) in [5, 5.41) is 2.37. The zero-order valence-corrected chi connectivity index (χ0v) is 16.1. The Kier molecular flexibility index (Phi) is 5.70. The molecule has 0 spiro atoms. The monoisotopic (exact) mass is 426 g/mol. The van der Waals surface area contributed by atoms with Crippen LogP contribution in [0.4, 0.5) is 27.1 Å². The van der Waals surface area contributed by atoms with Gasteiger partial charge in [-0.15, -0.1) is 0 Å². The molecule has 0 aliphatic carbocycles. The van der Waals surface area contributed by atoms with E-state index in [2.05, 4.69) is 10.3 Å². The van der Waals surface area contributed by atoms with Gasteiger partial charge in [0.05, 0.1) is 16.1 Å². The van der Waals surface area contributed by atoms with E-state index in [1.165, 1.54) is 12.1 Å². The highest BCUT2D eigenvalue weighted by Crippen LogP contribution is 2.39. The molecule has 0 aliphatic rings. The van der Waals surface area contributed by atoms with Gasteiger partial charge in [0.1, 0.15) is 17.2 Å². The standard InChI is InChI=1S/C20H15F5N2OS/c1-10(2)16-17(11-5-3-6-12(9-11)20(23,24)25)29-19(26-16)27-18(28)15-13(21)7-4-8-14(15)22/h3-10H,1-2H3,(H,26,27,28). The number of nitrogens with zero attached hydrogens (tertiary/aromatic N) is 1. The summed E-state index contributed by atoms with van der Waals surface area (Å²) in [5.74, 6) is -3.24. The number of halogens is 5. The lowest BCUT2D eigenvalue weighted by Crippen LogP contribution is -2.15. The molecule has 9 heteroatoms. The van der Waals surface area contributed by atoms with Crippen LogP contribution < -0.4 is 5.32 Å². The van der Waals surface area contributed by atoms with Crippen molar-refractivity contribution in [3.05, 3.63) is 70.9 Å². The highest BCUT2D eigenvalue weighted by molar-refractivity contribution is 7.19. The molecule has 0 radical (unpaired) electrons. The van der Waals surface area contributed by atoms with Crippen molar-refractivity contribution in [2.45, 2.75) is 25.9 Å². The summed E-state index contributed by atoms with van der Waals surface area (Å²) in [6, 6.07) is 7.80. The predicted octanol–water partition coefficient (Wildman–Crippen LogP) is 6.48. The average molecular weight is 426 g/mol. The molecule has 2 aromatic carbocycles. The van der Waals surface area contributed by atoms with Crippen molar-refractivity contribution in [3.8, 4) is 10.4 Å². The van der Waals surface area contributed by atoms with Gasteiger partial charge in [0.15, 0.2) is 5.13 Å². The lowest BCUT2D eigenvalue weighted by atomic mass is 10.0. The SMILES string of the molecule is CC(C)c1nc(NC(=O)c2c(F)cccc2F)sc1-c1cccc(C(F)(F)F)c1. The number of anilines is 1. The molecule has 3 aromatic rings. The van der Waals surface area contributed by atoms with Crippen LogP contribution in [0.25, 0.3) is 10.4 Å². The van der Waals surface area contributed by atoms with E-state index in [4.69, 9.17) is 0 Å². The third kappa shape index (κ3) is 4.45. The first-order chi connectivity index (χ1) is 13.6. The molecule has 0 atom stereocenters. The van der Waals surface area contributed by atoms with Crippen LogP contribution in [0.3, 0.4) is 0 Å². The summed E-state index contributed by atoms with van der Waals surface area (Å²) in [5.41, 5.74) is -0.802. The summed E-state index contributed by atoms with van der Waals surface area (Å²) in [7, 11) is 0. The predicted molar refractivity (Wildman–Crippen MR) is 101 cm³/mol. The van der Waals surface area contributed by atoms with Crippen LogP contribution in [0.15, 0.2) is 42.5 Å². The number of aromatic nitrogens is 1. The van der Waals surface area contributed by atoms with Crippen molar-refractivity contribution >= 4 is 22.4 Å². The molecule has 0 bridgehead atoms. The van der Waals surface area contributed by atoms with Gasteiger partial charge in [-0.05, 0) is 35.7 Å². The third-order valence-corrected chi connectivity index (χ3v) is 5.10. The number of nitrogens with one attached hydrogen (secondary N) is 1. The quantitative estimate of drug-likeness (QED) is 0.485. The van der Waals surface area contributed by atoms with Crippen molar-refractivity contribution < 1.29 is 26.7 Å². The van der Waals surface area contributed by atoms with E-state index >= 15 is 0 Å². The molecular formula is C20H15F5N2OS. The van der Waals surface area contributed by atoms with Gasteiger partial charge in [0, 0.05) is 0 Å². The van der Waals surface area contributed by atoms with Crippen LogP contribution in [-0.2, 0) is 6.18 Å². The van der Waals surface area contributed by atoms with Gasteiger partial charge in [-0.1, -0.05) is 43.4 Å². The van der Waals surface area contributed by atoms with Gasteiger partial charge < -0.3 is 0 Å². The van der Waals surface area contributed by atoms with Crippen LogP contribution in [-0.4, -0.2) is 10.9 Å². The molecule has 0 saturated carbocycles. The fraction of sp³-hybridized carbons (Fsp3) is 0.200. The van der Waals surface area contributed by atoms with E-state index in [0.717, 1.165) is 41.7 Å². The van der Waals surface area contributed by atoms with Crippen LogP contribution in [0.2, 0.25) is 0 Å². The number of carbonyl (C=O) groups excluding carboxylic acids is 1. The Morgan fingerprint density at radius 3 is 2.28 bits per heavy atom. The molecule has 0 fully saturated rings. The molecule has 1 aromatic heterocycles. The smallest absolute Gasteiger partial charge is 0.298 e. The normalized spacial score (nSPS) is 11.7. The summed E-state index contributed by atoms with van der Waals surface area (Å²) in [4.78, 5) is 17.0. The van der Waals surface area contributed by atoms with Crippen molar-refractivity contribution in [1.82, 2.24) is 4.98 Å². The summed E-state index contributed by atoms with van der Waals surface area (Å²) in [6.45, 7) is 3.60. The second-order valence-electron chi connectivity index (χ2n) is 6.52. The van der Waals surface area contributed by atoms with Crippen LogP contribution in [0, 0.1) is 11.6 Å². The fourth-order valence-electron chi connectivity index (χ4n) is 2.69. The van der Waals surface area contributed by atoms with E-state index < -0.39 is 34.8 Å². The van der Waals surface area contributed by atoms with E-state index in [1.807, 2.05) is 0 Å². The first kappa shape index (κ1) is 20.9. The number of thiazole rings is 1. The molecule has 0 aliphatic heterocycles. The number of alkyl halides is 3. The number of benzene rings is 2. The largest absolute Gasteiger partial charge is 0.416 e. The minimum atomic E-state index is -4.50. The molecule has 0 unspecified atom stereocenters. The maximum Gasteiger partial charge on any atom is 0.416 e. The minimum absolute atomic E-state index is 0.0359. The molecule has 1 amide bonds. The Morgan fingerprint density at radius 2 is 1.69 bits per heavy atom. The summed E-state index contributed by atoms with van der Waals surface area (Å²) < 4.78 is 66.8. The van der Waals surface area contributed by atoms with Gasteiger partial charge in [0.2, 0.25) is 0 Å². The molecule has 3 nitrogen and oxygen atoms in total. The maximum atomic E-state index is 13.8. The van der Waals surface area contributed by atoms with E-state index in [9.17, 15) is 26.7 Å². The van der Waals surface area contributed by atoms with Crippen molar-refractivity contribution in [2.75, 3.05) is 5.32 Å². The molecule has 1 N–H and O–H groups in total. The Balaban J connectivity index is 1.99. The first-order valence-corrected chi connectivity index (χ1v) is 9.33. The topological polar surface area (TPSA) is 42.0 Å². The molecule has 29 heavy (non-hydrogen) atoms. The summed E-state index contributed by atoms with van der Waals surface area (Å²) in [6.07, 6.45) is -4.50. The van der Waals surface area contributed by atoms with Crippen molar-refractivity contribution in [1.29, 1.82) is 0 Å². The summed E-state index contributed by atoms with van der Waals surface area (Å²) >= 11 is 0.940.